The maximum Gasteiger partial charge on any atom is 0.251 e. The third-order valence-electron chi connectivity index (χ3n) is 5.16. The van der Waals surface area contributed by atoms with Crippen molar-refractivity contribution in [1.82, 2.24) is 9.62 Å². The number of hydrogen-bond acceptors (Lipinski definition) is 4. The lowest BCUT2D eigenvalue weighted by atomic mass is 10.1. The standard InChI is InChI=1S/C21H26N2O4S/c1-15-7-3-4-12-23(15)28(26,27)20-11-6-9-18(14-20)21(25)22-16(2)17-8-5-10-19(24)13-17/h5-6,8-11,13-16,24H,3-4,7,12H2,1-2H3,(H,22,25). The summed E-state index contributed by atoms with van der Waals surface area (Å²) in [6.07, 6.45) is 2.73. The predicted molar refractivity (Wildman–Crippen MR) is 108 cm³/mol. The normalized spacial score (nSPS) is 19.1. The molecule has 0 radical (unpaired) electrons. The summed E-state index contributed by atoms with van der Waals surface area (Å²) in [5, 5.41) is 12.4. The van der Waals surface area contributed by atoms with Crippen molar-refractivity contribution in [3.63, 3.8) is 0 Å². The number of carbonyl (C=O) groups is 1. The van der Waals surface area contributed by atoms with Gasteiger partial charge in [-0.05, 0) is 62.6 Å². The van der Waals surface area contributed by atoms with E-state index in [1.54, 1.807) is 30.3 Å². The number of aromatic hydroxyl groups is 1. The van der Waals surface area contributed by atoms with E-state index in [1.807, 2.05) is 19.9 Å². The average molecular weight is 403 g/mol. The Bertz CT molecular complexity index is 958. The molecule has 6 nitrogen and oxygen atoms in total. The van der Waals surface area contributed by atoms with Crippen LogP contribution in [0.5, 0.6) is 5.75 Å². The van der Waals surface area contributed by atoms with Crippen LogP contribution in [0.15, 0.2) is 53.4 Å². The number of rotatable bonds is 5. The van der Waals surface area contributed by atoms with E-state index in [0.29, 0.717) is 6.54 Å². The molecule has 0 saturated carbocycles. The van der Waals surface area contributed by atoms with Crippen LogP contribution in [0.25, 0.3) is 0 Å². The number of sulfonamides is 1. The molecule has 1 aliphatic heterocycles. The Morgan fingerprint density at radius 1 is 1.18 bits per heavy atom. The van der Waals surface area contributed by atoms with E-state index in [9.17, 15) is 18.3 Å². The van der Waals surface area contributed by atoms with Gasteiger partial charge < -0.3 is 10.4 Å². The van der Waals surface area contributed by atoms with E-state index < -0.39 is 10.0 Å². The second kappa shape index (κ2) is 8.32. The van der Waals surface area contributed by atoms with Gasteiger partial charge in [-0.3, -0.25) is 4.79 Å². The minimum Gasteiger partial charge on any atom is -0.508 e. The molecule has 2 aromatic rings. The van der Waals surface area contributed by atoms with Crippen molar-refractivity contribution in [3.05, 3.63) is 59.7 Å². The molecular formula is C21H26N2O4S. The minimum absolute atomic E-state index is 0.0398. The average Bonchev–Trinajstić information content (AvgIpc) is 2.68. The maximum absolute atomic E-state index is 13.0. The van der Waals surface area contributed by atoms with Gasteiger partial charge >= 0.3 is 0 Å². The topological polar surface area (TPSA) is 86.7 Å². The zero-order valence-electron chi connectivity index (χ0n) is 16.1. The zero-order valence-corrected chi connectivity index (χ0v) is 16.9. The summed E-state index contributed by atoms with van der Waals surface area (Å²) in [7, 11) is -3.63. The van der Waals surface area contributed by atoms with Crippen LogP contribution in [0.3, 0.4) is 0 Å². The van der Waals surface area contributed by atoms with Gasteiger partial charge in [0.15, 0.2) is 0 Å². The number of phenolic OH excluding ortho intramolecular Hbond substituents is 1. The number of carbonyl (C=O) groups excluding carboxylic acids is 1. The minimum atomic E-state index is -3.63. The van der Waals surface area contributed by atoms with Gasteiger partial charge in [-0.25, -0.2) is 8.42 Å². The summed E-state index contributed by atoms with van der Waals surface area (Å²) < 4.78 is 27.6. The molecule has 1 aliphatic rings. The molecule has 1 heterocycles. The Morgan fingerprint density at radius 2 is 1.93 bits per heavy atom. The first-order valence-electron chi connectivity index (χ1n) is 9.51. The van der Waals surface area contributed by atoms with Gasteiger partial charge in [0.25, 0.3) is 5.91 Å². The van der Waals surface area contributed by atoms with Crippen molar-refractivity contribution >= 4 is 15.9 Å². The largest absolute Gasteiger partial charge is 0.508 e. The van der Waals surface area contributed by atoms with Gasteiger partial charge in [0.1, 0.15) is 5.75 Å². The molecule has 1 amide bonds. The van der Waals surface area contributed by atoms with Crippen molar-refractivity contribution < 1.29 is 18.3 Å². The van der Waals surface area contributed by atoms with E-state index in [-0.39, 0.29) is 34.2 Å². The van der Waals surface area contributed by atoms with Gasteiger partial charge in [-0.15, -0.1) is 0 Å². The third kappa shape index (κ3) is 4.36. The molecule has 7 heteroatoms. The van der Waals surface area contributed by atoms with Crippen LogP contribution in [0.2, 0.25) is 0 Å². The molecule has 0 aliphatic carbocycles. The van der Waals surface area contributed by atoms with Crippen LogP contribution < -0.4 is 5.32 Å². The van der Waals surface area contributed by atoms with Crippen LogP contribution in [0.4, 0.5) is 0 Å². The second-order valence-corrected chi connectivity index (χ2v) is 9.17. The Balaban J connectivity index is 1.79. The SMILES string of the molecule is CC(NC(=O)c1cccc(S(=O)(=O)N2CCCCC2C)c1)c1cccc(O)c1. The first kappa shape index (κ1) is 20.4. The molecule has 2 atom stereocenters. The summed E-state index contributed by atoms with van der Waals surface area (Å²) in [6, 6.07) is 12.5. The molecule has 3 rings (SSSR count). The fraction of sp³-hybridized carbons (Fsp3) is 0.381. The molecular weight excluding hydrogens is 376 g/mol. The van der Waals surface area contributed by atoms with Gasteiger partial charge in [0.2, 0.25) is 10.0 Å². The molecule has 0 spiro atoms. The molecule has 0 bridgehead atoms. The molecule has 0 aromatic heterocycles. The number of phenols is 1. The van der Waals surface area contributed by atoms with Crippen molar-refractivity contribution in [2.24, 2.45) is 0 Å². The van der Waals surface area contributed by atoms with Crippen LogP contribution in [0.1, 0.15) is 55.1 Å². The van der Waals surface area contributed by atoms with Gasteiger partial charge in [-0.2, -0.15) is 4.31 Å². The molecule has 1 fully saturated rings. The molecule has 2 unspecified atom stereocenters. The number of piperidine rings is 1. The summed E-state index contributed by atoms with van der Waals surface area (Å²) in [6.45, 7) is 4.24. The quantitative estimate of drug-likeness (QED) is 0.802. The first-order valence-corrected chi connectivity index (χ1v) is 10.9. The van der Waals surface area contributed by atoms with Gasteiger partial charge in [-0.1, -0.05) is 24.6 Å². The monoisotopic (exact) mass is 402 g/mol. The Hall–Kier alpha value is -2.38. The first-order chi connectivity index (χ1) is 13.3. The highest BCUT2D eigenvalue weighted by Gasteiger charge is 2.31. The predicted octanol–water partition coefficient (Wildman–Crippen LogP) is 3.45. The highest BCUT2D eigenvalue weighted by molar-refractivity contribution is 7.89. The summed E-state index contributed by atoms with van der Waals surface area (Å²) >= 11 is 0. The smallest absolute Gasteiger partial charge is 0.251 e. The third-order valence-corrected chi connectivity index (χ3v) is 7.17. The van der Waals surface area contributed by atoms with Crippen molar-refractivity contribution in [2.45, 2.75) is 50.1 Å². The molecule has 1 saturated heterocycles. The number of nitrogens with one attached hydrogen (secondary N) is 1. The highest BCUT2D eigenvalue weighted by Crippen LogP contribution is 2.26. The van der Waals surface area contributed by atoms with Crippen molar-refractivity contribution in [2.75, 3.05) is 6.54 Å². The van der Waals surface area contributed by atoms with E-state index in [1.165, 1.54) is 16.4 Å². The summed E-state index contributed by atoms with van der Waals surface area (Å²) in [4.78, 5) is 12.8. The lowest BCUT2D eigenvalue weighted by Crippen LogP contribution is -2.42. The molecule has 2 N–H and O–H groups in total. The highest BCUT2D eigenvalue weighted by atomic mass is 32.2. The fourth-order valence-electron chi connectivity index (χ4n) is 3.52. The molecule has 150 valence electrons. The Morgan fingerprint density at radius 3 is 2.64 bits per heavy atom. The van der Waals surface area contributed by atoms with Crippen LogP contribution in [0, 0.1) is 0 Å². The number of benzene rings is 2. The van der Waals surface area contributed by atoms with Gasteiger partial charge in [0.05, 0.1) is 10.9 Å². The fourth-order valence-corrected chi connectivity index (χ4v) is 5.27. The van der Waals surface area contributed by atoms with E-state index in [2.05, 4.69) is 5.32 Å². The van der Waals surface area contributed by atoms with Crippen molar-refractivity contribution in [1.29, 1.82) is 0 Å². The number of nitrogens with zero attached hydrogens (tertiary/aromatic N) is 1. The lowest BCUT2D eigenvalue weighted by molar-refractivity contribution is 0.0939. The molecule has 28 heavy (non-hydrogen) atoms. The Kier molecular flexibility index (Phi) is 6.05. The number of amides is 1. The number of hydrogen-bond donors (Lipinski definition) is 2. The second-order valence-electron chi connectivity index (χ2n) is 7.28. The van der Waals surface area contributed by atoms with Crippen LogP contribution in [-0.4, -0.2) is 36.3 Å². The van der Waals surface area contributed by atoms with Crippen LogP contribution >= 0.6 is 0 Å². The van der Waals surface area contributed by atoms with E-state index in [0.717, 1.165) is 24.8 Å². The van der Waals surface area contributed by atoms with Gasteiger partial charge in [0, 0.05) is 18.2 Å². The summed E-state index contributed by atoms with van der Waals surface area (Å²) in [5.74, 6) is -0.234. The van der Waals surface area contributed by atoms with E-state index >= 15 is 0 Å². The summed E-state index contributed by atoms with van der Waals surface area (Å²) in [5.41, 5.74) is 1.05. The van der Waals surface area contributed by atoms with Crippen molar-refractivity contribution in [3.8, 4) is 5.75 Å². The lowest BCUT2D eigenvalue weighted by Gasteiger charge is -2.32. The van der Waals surface area contributed by atoms with E-state index in [4.69, 9.17) is 0 Å². The Labute approximate surface area is 166 Å². The zero-order chi connectivity index (χ0) is 20.3. The van der Waals surface area contributed by atoms with Crippen LogP contribution in [-0.2, 0) is 10.0 Å². The maximum atomic E-state index is 13.0. The molecule has 2 aromatic carbocycles.